The van der Waals surface area contributed by atoms with Crippen molar-refractivity contribution in [3.8, 4) is 0 Å². The van der Waals surface area contributed by atoms with Crippen LogP contribution < -0.4 is 0 Å². The third-order valence-electron chi connectivity index (χ3n) is 2.42. The lowest BCUT2D eigenvalue weighted by molar-refractivity contribution is -0.143. The fraction of sp³-hybridized carbons (Fsp3) is 0.900. The highest BCUT2D eigenvalue weighted by atomic mass is 28.4. The Balaban J connectivity index is 4.10. The van der Waals surface area contributed by atoms with Crippen molar-refractivity contribution in [3.63, 3.8) is 0 Å². The number of carbonyl (C=O) groups is 1. The van der Waals surface area contributed by atoms with Crippen molar-refractivity contribution in [2.24, 2.45) is 5.92 Å². The average Bonchev–Trinajstić information content (AvgIpc) is 2.25. The van der Waals surface area contributed by atoms with Crippen molar-refractivity contribution in [2.75, 3.05) is 14.2 Å². The second-order valence-electron chi connectivity index (χ2n) is 3.73. The normalized spacial score (nSPS) is 13.7. The van der Waals surface area contributed by atoms with Crippen molar-refractivity contribution >= 4 is 14.8 Å². The summed E-state index contributed by atoms with van der Waals surface area (Å²) >= 11 is 0. The summed E-state index contributed by atoms with van der Waals surface area (Å²) in [6.07, 6.45) is 2.97. The van der Waals surface area contributed by atoms with Gasteiger partial charge in [-0.05, 0) is 6.42 Å². The van der Waals surface area contributed by atoms with Gasteiger partial charge in [0, 0.05) is 20.8 Å². The van der Waals surface area contributed by atoms with Gasteiger partial charge in [-0.25, -0.2) is 0 Å². The summed E-state index contributed by atoms with van der Waals surface area (Å²) in [6, 6.07) is 0. The van der Waals surface area contributed by atoms with Crippen LogP contribution in [0.2, 0.25) is 6.55 Å². The first kappa shape index (κ1) is 14.6. The summed E-state index contributed by atoms with van der Waals surface area (Å²) in [5.41, 5.74) is 0. The van der Waals surface area contributed by atoms with Crippen molar-refractivity contribution in [3.05, 3.63) is 0 Å². The van der Waals surface area contributed by atoms with Gasteiger partial charge in [0.1, 0.15) is 0 Å². The SMILES string of the molecule is CCCCC(C)C(=O)O[Si](C)(OC)OC. The van der Waals surface area contributed by atoms with E-state index in [1.807, 2.05) is 6.92 Å². The Labute approximate surface area is 93.3 Å². The molecule has 1 atom stereocenters. The van der Waals surface area contributed by atoms with Gasteiger partial charge in [0.25, 0.3) is 5.97 Å². The Hall–Kier alpha value is -0.393. The minimum atomic E-state index is -2.71. The monoisotopic (exact) mass is 234 g/mol. The molecule has 0 heterocycles. The van der Waals surface area contributed by atoms with Crippen molar-refractivity contribution in [2.45, 2.75) is 39.7 Å². The molecule has 0 aliphatic carbocycles. The van der Waals surface area contributed by atoms with E-state index in [2.05, 4.69) is 6.92 Å². The molecule has 0 fully saturated rings. The van der Waals surface area contributed by atoms with Crippen LogP contribution in [0.1, 0.15) is 33.1 Å². The van der Waals surface area contributed by atoms with E-state index in [0.717, 1.165) is 19.3 Å². The highest BCUT2D eigenvalue weighted by Crippen LogP contribution is 2.14. The lowest BCUT2D eigenvalue weighted by Crippen LogP contribution is -2.43. The lowest BCUT2D eigenvalue weighted by atomic mass is 10.1. The molecule has 0 aliphatic rings. The molecule has 1 unspecified atom stereocenters. The molecule has 0 N–H and O–H groups in total. The van der Waals surface area contributed by atoms with Crippen LogP contribution in [0.25, 0.3) is 0 Å². The minimum Gasteiger partial charge on any atom is -0.473 e. The summed E-state index contributed by atoms with van der Waals surface area (Å²) in [6.45, 7) is 5.68. The molecule has 0 radical (unpaired) electrons. The molecule has 0 rings (SSSR count). The predicted octanol–water partition coefficient (Wildman–Crippen LogP) is 2.22. The quantitative estimate of drug-likeness (QED) is 0.634. The second-order valence-corrected chi connectivity index (χ2v) is 6.48. The molecule has 4 nitrogen and oxygen atoms in total. The number of unbranched alkanes of at least 4 members (excludes halogenated alkanes) is 1. The van der Waals surface area contributed by atoms with E-state index in [4.69, 9.17) is 13.3 Å². The third kappa shape index (κ3) is 5.29. The van der Waals surface area contributed by atoms with Crippen molar-refractivity contribution in [1.82, 2.24) is 0 Å². The van der Waals surface area contributed by atoms with Crippen LogP contribution in [0.3, 0.4) is 0 Å². The Morgan fingerprint density at radius 1 is 1.33 bits per heavy atom. The third-order valence-corrected chi connectivity index (χ3v) is 4.48. The van der Waals surface area contributed by atoms with Gasteiger partial charge in [-0.15, -0.1) is 0 Å². The van der Waals surface area contributed by atoms with Crippen LogP contribution in [-0.4, -0.2) is 29.0 Å². The number of carbonyl (C=O) groups excluding carboxylic acids is 1. The van der Waals surface area contributed by atoms with Crippen LogP contribution in [-0.2, 0) is 18.1 Å². The summed E-state index contributed by atoms with van der Waals surface area (Å²) in [7, 11) is 0.287. The predicted molar refractivity (Wildman–Crippen MR) is 60.4 cm³/mol. The highest BCUT2D eigenvalue weighted by molar-refractivity contribution is 6.60. The molecule has 0 aromatic rings. The molecule has 0 amide bonds. The van der Waals surface area contributed by atoms with E-state index in [0.29, 0.717) is 0 Å². The smallest absolute Gasteiger partial charge is 0.473 e. The number of hydrogen-bond acceptors (Lipinski definition) is 4. The van der Waals surface area contributed by atoms with Crippen LogP contribution in [0.15, 0.2) is 0 Å². The first-order chi connectivity index (χ1) is 6.99. The van der Waals surface area contributed by atoms with Crippen LogP contribution in [0, 0.1) is 5.92 Å². The maximum Gasteiger partial charge on any atom is 0.564 e. The second kappa shape index (κ2) is 6.98. The minimum absolute atomic E-state index is 0.0814. The van der Waals surface area contributed by atoms with Crippen LogP contribution in [0.4, 0.5) is 0 Å². The molecule has 0 aromatic carbocycles. The van der Waals surface area contributed by atoms with Crippen LogP contribution >= 0.6 is 0 Å². The van der Waals surface area contributed by atoms with Gasteiger partial charge in [0.05, 0.1) is 5.92 Å². The molecule has 0 bridgehead atoms. The summed E-state index contributed by atoms with van der Waals surface area (Å²) in [5.74, 6) is -0.302. The van der Waals surface area contributed by atoms with Gasteiger partial charge < -0.3 is 13.3 Å². The van der Waals surface area contributed by atoms with Crippen molar-refractivity contribution < 1.29 is 18.1 Å². The summed E-state index contributed by atoms with van der Waals surface area (Å²) < 4.78 is 15.4. The first-order valence-corrected chi connectivity index (χ1v) is 7.54. The Kier molecular flexibility index (Phi) is 6.79. The highest BCUT2D eigenvalue weighted by Gasteiger charge is 2.37. The zero-order valence-electron chi connectivity index (χ0n) is 10.3. The zero-order valence-corrected chi connectivity index (χ0v) is 11.3. The maximum absolute atomic E-state index is 11.6. The molecule has 90 valence electrons. The Morgan fingerprint density at radius 2 is 1.87 bits per heavy atom. The molecule has 0 aromatic heterocycles. The fourth-order valence-electron chi connectivity index (χ4n) is 1.08. The van der Waals surface area contributed by atoms with E-state index >= 15 is 0 Å². The van der Waals surface area contributed by atoms with E-state index in [9.17, 15) is 4.79 Å². The lowest BCUT2D eigenvalue weighted by Gasteiger charge is -2.23. The van der Waals surface area contributed by atoms with Gasteiger partial charge in [0.2, 0.25) is 0 Å². The molecule has 0 saturated carbocycles. The molecule has 5 heteroatoms. The van der Waals surface area contributed by atoms with E-state index in [1.165, 1.54) is 14.2 Å². The largest absolute Gasteiger partial charge is 0.564 e. The van der Waals surface area contributed by atoms with Gasteiger partial charge in [-0.3, -0.25) is 4.79 Å². The fourth-order valence-corrected chi connectivity index (χ4v) is 1.98. The topological polar surface area (TPSA) is 44.8 Å². The molecule has 15 heavy (non-hydrogen) atoms. The van der Waals surface area contributed by atoms with Gasteiger partial charge in [-0.1, -0.05) is 26.7 Å². The van der Waals surface area contributed by atoms with Crippen LogP contribution in [0.5, 0.6) is 0 Å². The Morgan fingerprint density at radius 3 is 2.27 bits per heavy atom. The molecule has 0 aliphatic heterocycles. The standard InChI is InChI=1S/C10H22O4Si/c1-6-7-8-9(2)10(11)14-15(5,12-3)13-4/h9H,6-8H2,1-5H3. The molecular weight excluding hydrogens is 212 g/mol. The average molecular weight is 234 g/mol. The van der Waals surface area contributed by atoms with E-state index in [1.54, 1.807) is 6.55 Å². The molecule has 0 saturated heterocycles. The number of rotatable bonds is 7. The van der Waals surface area contributed by atoms with Gasteiger partial charge in [-0.2, -0.15) is 0 Å². The van der Waals surface area contributed by atoms with E-state index in [-0.39, 0.29) is 11.9 Å². The molecular formula is C10H22O4Si. The summed E-state index contributed by atoms with van der Waals surface area (Å²) in [4.78, 5) is 11.6. The van der Waals surface area contributed by atoms with Gasteiger partial charge >= 0.3 is 8.80 Å². The number of hydrogen-bond donors (Lipinski definition) is 0. The van der Waals surface area contributed by atoms with E-state index < -0.39 is 8.80 Å². The van der Waals surface area contributed by atoms with Crippen molar-refractivity contribution in [1.29, 1.82) is 0 Å². The first-order valence-electron chi connectivity index (χ1n) is 5.32. The maximum atomic E-state index is 11.6. The Bertz CT molecular complexity index is 192. The van der Waals surface area contributed by atoms with Gasteiger partial charge in [0.15, 0.2) is 0 Å². The molecule has 0 spiro atoms. The zero-order chi connectivity index (χ0) is 11.9. The summed E-state index contributed by atoms with van der Waals surface area (Å²) in [5, 5.41) is 0.